The van der Waals surface area contributed by atoms with Gasteiger partial charge in [-0.15, -0.1) is 6.58 Å². The van der Waals surface area contributed by atoms with Crippen LogP contribution in [0.2, 0.25) is 5.21 Å². The molecule has 0 aliphatic rings. The van der Waals surface area contributed by atoms with Crippen molar-refractivity contribution in [2.75, 3.05) is 0 Å². The maximum Gasteiger partial charge on any atom is 0.0628 e. The zero-order valence-corrected chi connectivity index (χ0v) is 9.27. The highest BCUT2D eigenvalue weighted by Gasteiger charge is 2.38. The van der Waals surface area contributed by atoms with Crippen LogP contribution in [0.15, 0.2) is 12.7 Å². The summed E-state index contributed by atoms with van der Waals surface area (Å²) in [4.78, 5) is 0. The Kier molecular flexibility index (Phi) is 4.88. The molecule has 0 aliphatic carbocycles. The molecule has 0 amide bonds. The van der Waals surface area contributed by atoms with Gasteiger partial charge >= 0.3 is 0 Å². The van der Waals surface area contributed by atoms with Gasteiger partial charge in [-0.1, -0.05) is 51.3 Å². The molecule has 4 radical (unpaired) electrons. The van der Waals surface area contributed by atoms with Gasteiger partial charge in [0.25, 0.3) is 0 Å². The molecule has 0 nitrogen and oxygen atoms in total. The predicted octanol–water partition coefficient (Wildman–Crippen LogP) is 3.23. The summed E-state index contributed by atoms with van der Waals surface area (Å²) in [5, 5.41) is -0.565. The Morgan fingerprint density at radius 2 is 1.54 bits per heavy atom. The molecule has 0 saturated heterocycles. The standard InChI is InChI=1S/C11H20B2/c1-5-9-10(6-2,7-3)11(12,13)8-4/h5H,1,6-9H2,2-4H3. The predicted molar refractivity (Wildman–Crippen MR) is 62.3 cm³/mol. The molecule has 0 fully saturated rings. The van der Waals surface area contributed by atoms with Crippen molar-refractivity contribution in [3.05, 3.63) is 12.7 Å². The van der Waals surface area contributed by atoms with Gasteiger partial charge in [0.1, 0.15) is 0 Å². The summed E-state index contributed by atoms with van der Waals surface area (Å²) in [7, 11) is 12.3. The first-order chi connectivity index (χ1) is 5.99. The van der Waals surface area contributed by atoms with Gasteiger partial charge < -0.3 is 0 Å². The molecule has 0 heterocycles. The fourth-order valence-electron chi connectivity index (χ4n) is 2.04. The molecular weight excluding hydrogens is 154 g/mol. The third kappa shape index (κ3) is 2.42. The van der Waals surface area contributed by atoms with Gasteiger partial charge in [-0.25, -0.2) is 0 Å². The SMILES string of the molecule is [B]C([B])(CC)C(CC)(CC)CC=C. The van der Waals surface area contributed by atoms with Gasteiger partial charge in [0, 0.05) is 0 Å². The first kappa shape index (κ1) is 12.9. The first-order valence-electron chi connectivity index (χ1n) is 5.18. The molecule has 0 atom stereocenters. The lowest BCUT2D eigenvalue weighted by molar-refractivity contribution is 0.215. The summed E-state index contributed by atoms with van der Waals surface area (Å²) in [5.74, 6) is 0. The number of allylic oxidation sites excluding steroid dienone is 1. The molecule has 13 heavy (non-hydrogen) atoms. The Hall–Kier alpha value is -0.130. The van der Waals surface area contributed by atoms with Crippen LogP contribution in [0.4, 0.5) is 0 Å². The summed E-state index contributed by atoms with van der Waals surface area (Å²) in [5.41, 5.74) is 0.0174. The molecule has 0 unspecified atom stereocenters. The van der Waals surface area contributed by atoms with Crippen LogP contribution in [0.3, 0.4) is 0 Å². The molecule has 0 aromatic heterocycles. The summed E-state index contributed by atoms with van der Waals surface area (Å²) in [6, 6.07) is 0. The van der Waals surface area contributed by atoms with E-state index < -0.39 is 5.21 Å². The number of hydrogen-bond donors (Lipinski definition) is 0. The van der Waals surface area contributed by atoms with E-state index in [1.807, 2.05) is 13.0 Å². The average molecular weight is 174 g/mol. The molecule has 0 spiro atoms. The molecule has 0 aliphatic heterocycles. The van der Waals surface area contributed by atoms with Crippen molar-refractivity contribution in [1.29, 1.82) is 0 Å². The monoisotopic (exact) mass is 174 g/mol. The van der Waals surface area contributed by atoms with E-state index in [9.17, 15) is 0 Å². The largest absolute Gasteiger partial charge is 0.103 e. The minimum Gasteiger partial charge on any atom is -0.103 e. The van der Waals surface area contributed by atoms with Gasteiger partial charge in [0.15, 0.2) is 0 Å². The molecule has 0 bridgehead atoms. The molecule has 0 aromatic rings. The third-order valence-electron chi connectivity index (χ3n) is 3.46. The molecule has 0 N–H and O–H groups in total. The summed E-state index contributed by atoms with van der Waals surface area (Å²) >= 11 is 0. The first-order valence-corrected chi connectivity index (χ1v) is 5.18. The van der Waals surface area contributed by atoms with E-state index in [1.165, 1.54) is 0 Å². The van der Waals surface area contributed by atoms with Gasteiger partial charge in [0.2, 0.25) is 0 Å². The van der Waals surface area contributed by atoms with Crippen molar-refractivity contribution in [1.82, 2.24) is 0 Å². The van der Waals surface area contributed by atoms with Crippen molar-refractivity contribution in [2.45, 2.75) is 51.7 Å². The quantitative estimate of drug-likeness (QED) is 0.428. The molecule has 0 saturated carbocycles. The van der Waals surface area contributed by atoms with Gasteiger partial charge in [-0.05, 0) is 11.8 Å². The maximum atomic E-state index is 6.13. The van der Waals surface area contributed by atoms with Gasteiger partial charge in [0.05, 0.1) is 15.7 Å². The van der Waals surface area contributed by atoms with E-state index in [1.54, 1.807) is 0 Å². The highest BCUT2D eigenvalue weighted by Crippen LogP contribution is 2.51. The fourth-order valence-corrected chi connectivity index (χ4v) is 2.04. The van der Waals surface area contributed by atoms with Crippen molar-refractivity contribution in [2.24, 2.45) is 5.41 Å². The second-order valence-electron chi connectivity index (χ2n) is 3.87. The Bertz CT molecular complexity index is 157. The van der Waals surface area contributed by atoms with Crippen LogP contribution in [0.1, 0.15) is 46.5 Å². The van der Waals surface area contributed by atoms with E-state index in [0.29, 0.717) is 0 Å². The zero-order valence-electron chi connectivity index (χ0n) is 9.27. The Labute approximate surface area is 86.0 Å². The fraction of sp³-hybridized carbons (Fsp3) is 0.818. The van der Waals surface area contributed by atoms with Crippen molar-refractivity contribution >= 4 is 15.7 Å². The van der Waals surface area contributed by atoms with Crippen LogP contribution in [0.25, 0.3) is 0 Å². The highest BCUT2D eigenvalue weighted by molar-refractivity contribution is 6.40. The van der Waals surface area contributed by atoms with Crippen molar-refractivity contribution < 1.29 is 0 Å². The van der Waals surface area contributed by atoms with Crippen molar-refractivity contribution in [3.8, 4) is 0 Å². The highest BCUT2D eigenvalue weighted by atomic mass is 14.4. The van der Waals surface area contributed by atoms with Gasteiger partial charge in [-0.3, -0.25) is 0 Å². The van der Waals surface area contributed by atoms with E-state index in [4.69, 9.17) is 15.7 Å². The van der Waals surface area contributed by atoms with Crippen LogP contribution in [-0.2, 0) is 0 Å². The lowest BCUT2D eigenvalue weighted by Gasteiger charge is -2.47. The average Bonchev–Trinajstić information content (AvgIpc) is 2.14. The molecule has 0 aromatic carbocycles. The van der Waals surface area contributed by atoms with E-state index in [-0.39, 0.29) is 5.41 Å². The van der Waals surface area contributed by atoms with Crippen LogP contribution in [-0.4, -0.2) is 15.7 Å². The molecule has 2 heteroatoms. The normalized spacial score (nSPS) is 12.8. The van der Waals surface area contributed by atoms with E-state index in [2.05, 4.69) is 20.4 Å². The van der Waals surface area contributed by atoms with Crippen molar-refractivity contribution in [3.63, 3.8) is 0 Å². The summed E-state index contributed by atoms with van der Waals surface area (Å²) in [6.45, 7) is 10.1. The molecule has 0 rings (SSSR count). The molecular formula is C11H20B2. The van der Waals surface area contributed by atoms with Gasteiger partial charge in [-0.2, -0.15) is 0 Å². The van der Waals surface area contributed by atoms with Crippen LogP contribution < -0.4 is 0 Å². The molecule has 70 valence electrons. The smallest absolute Gasteiger partial charge is 0.0628 e. The third-order valence-corrected chi connectivity index (χ3v) is 3.46. The van der Waals surface area contributed by atoms with Crippen LogP contribution in [0.5, 0.6) is 0 Å². The zero-order chi connectivity index (χ0) is 10.5. The number of hydrogen-bond acceptors (Lipinski definition) is 0. The number of rotatable bonds is 6. The second kappa shape index (κ2) is 4.93. The minimum absolute atomic E-state index is 0.0174. The lowest BCUT2D eigenvalue weighted by atomic mass is 9.39. The van der Waals surface area contributed by atoms with E-state index in [0.717, 1.165) is 25.7 Å². The topological polar surface area (TPSA) is 0 Å². The minimum atomic E-state index is -0.565. The Balaban J connectivity index is 4.83. The van der Waals surface area contributed by atoms with E-state index >= 15 is 0 Å². The Morgan fingerprint density at radius 1 is 1.08 bits per heavy atom. The van der Waals surface area contributed by atoms with Crippen LogP contribution in [0, 0.1) is 5.41 Å². The second-order valence-corrected chi connectivity index (χ2v) is 3.87. The van der Waals surface area contributed by atoms with Crippen LogP contribution >= 0.6 is 0 Å². The lowest BCUT2D eigenvalue weighted by Crippen LogP contribution is -2.36. The Morgan fingerprint density at radius 3 is 1.77 bits per heavy atom. The maximum absolute atomic E-state index is 6.13. The summed E-state index contributed by atoms with van der Waals surface area (Å²) < 4.78 is 0. The summed E-state index contributed by atoms with van der Waals surface area (Å²) in [6.07, 6.45) is 5.66.